The fourth-order valence-electron chi connectivity index (χ4n) is 2.51. The van der Waals surface area contributed by atoms with Gasteiger partial charge in [-0.2, -0.15) is 0 Å². The maximum absolute atomic E-state index is 12.2. The quantitative estimate of drug-likeness (QED) is 0.551. The smallest absolute Gasteiger partial charge is 0.272 e. The Labute approximate surface area is 112 Å². The van der Waals surface area contributed by atoms with Crippen LogP contribution in [0.25, 0.3) is 0 Å². The monoisotopic (exact) mass is 264 g/mol. The lowest BCUT2D eigenvalue weighted by Gasteiger charge is -2.28. The summed E-state index contributed by atoms with van der Waals surface area (Å²) in [5.41, 5.74) is 2.72. The topological polar surface area (TPSA) is 91.5 Å². The van der Waals surface area contributed by atoms with Crippen molar-refractivity contribution in [2.24, 2.45) is 5.84 Å². The average molecular weight is 264 g/mol. The number of pyridine rings is 1. The summed E-state index contributed by atoms with van der Waals surface area (Å²) in [5, 5.41) is 10.3. The molecule has 0 saturated heterocycles. The van der Waals surface area contributed by atoms with E-state index in [4.69, 9.17) is 5.84 Å². The van der Waals surface area contributed by atoms with Gasteiger partial charge in [0.25, 0.3) is 5.91 Å². The number of nitrogens with one attached hydrogen (secondary N) is 1. The van der Waals surface area contributed by atoms with Crippen LogP contribution in [0, 0.1) is 0 Å². The third kappa shape index (κ3) is 3.21. The van der Waals surface area contributed by atoms with E-state index >= 15 is 0 Å². The molecule has 1 saturated carbocycles. The molecule has 1 aliphatic rings. The van der Waals surface area contributed by atoms with Gasteiger partial charge in [-0.15, -0.1) is 0 Å². The molecule has 1 heterocycles. The number of likely N-dealkylation sites (N-methyl/N-ethyl adjacent to an activating group) is 1. The number of nitrogens with two attached hydrogens (primary N) is 1. The zero-order chi connectivity index (χ0) is 13.9. The summed E-state index contributed by atoms with van der Waals surface area (Å²) in [4.78, 5) is 17.8. The van der Waals surface area contributed by atoms with Crippen molar-refractivity contribution in [2.45, 2.75) is 31.3 Å². The van der Waals surface area contributed by atoms with Crippen molar-refractivity contribution in [1.29, 1.82) is 0 Å². The largest absolute Gasteiger partial charge is 0.388 e. The Hall–Kier alpha value is -1.66. The van der Waals surface area contributed by atoms with Crippen LogP contribution in [0.5, 0.6) is 0 Å². The predicted octanol–water partition coefficient (Wildman–Crippen LogP) is 0.744. The average Bonchev–Trinajstić information content (AvgIpc) is 2.84. The van der Waals surface area contributed by atoms with Crippen molar-refractivity contribution in [3.63, 3.8) is 0 Å². The molecule has 2 rings (SSSR count). The Kier molecular flexibility index (Phi) is 4.01. The van der Waals surface area contributed by atoms with Crippen LogP contribution in [0.3, 0.4) is 0 Å². The molecule has 1 aromatic heterocycles. The Bertz CT molecular complexity index is 440. The van der Waals surface area contributed by atoms with E-state index in [0.29, 0.717) is 17.9 Å². The molecular formula is C13H20N4O2. The highest BCUT2D eigenvalue weighted by Gasteiger charge is 2.33. The number of aromatic nitrogens is 1. The Morgan fingerprint density at radius 3 is 2.74 bits per heavy atom. The predicted molar refractivity (Wildman–Crippen MR) is 72.4 cm³/mol. The van der Waals surface area contributed by atoms with Crippen LogP contribution < -0.4 is 11.3 Å². The van der Waals surface area contributed by atoms with E-state index in [2.05, 4.69) is 10.4 Å². The highest BCUT2D eigenvalue weighted by atomic mass is 16.3. The lowest BCUT2D eigenvalue weighted by atomic mass is 10.0. The van der Waals surface area contributed by atoms with Gasteiger partial charge >= 0.3 is 0 Å². The first-order chi connectivity index (χ1) is 9.04. The number of aliphatic hydroxyl groups is 1. The van der Waals surface area contributed by atoms with E-state index in [9.17, 15) is 9.90 Å². The number of amides is 1. The van der Waals surface area contributed by atoms with E-state index < -0.39 is 5.60 Å². The first-order valence-electron chi connectivity index (χ1n) is 6.45. The first-order valence-corrected chi connectivity index (χ1v) is 6.45. The number of hydrogen-bond donors (Lipinski definition) is 3. The molecule has 1 fully saturated rings. The fourth-order valence-corrected chi connectivity index (χ4v) is 2.51. The third-order valence-electron chi connectivity index (χ3n) is 3.56. The van der Waals surface area contributed by atoms with Gasteiger partial charge < -0.3 is 15.4 Å². The minimum absolute atomic E-state index is 0.191. The summed E-state index contributed by atoms with van der Waals surface area (Å²) < 4.78 is 0. The number of hydrazine groups is 1. The van der Waals surface area contributed by atoms with E-state index in [1.54, 1.807) is 19.2 Å². The maximum atomic E-state index is 12.2. The van der Waals surface area contributed by atoms with Gasteiger partial charge in [-0.3, -0.25) is 10.6 Å². The highest BCUT2D eigenvalue weighted by molar-refractivity contribution is 5.92. The van der Waals surface area contributed by atoms with Crippen molar-refractivity contribution >= 4 is 11.6 Å². The molecule has 0 radical (unpaired) electrons. The molecule has 6 nitrogen and oxygen atoms in total. The molecule has 1 amide bonds. The molecule has 0 spiro atoms. The zero-order valence-electron chi connectivity index (χ0n) is 11.1. The van der Waals surface area contributed by atoms with E-state index in [-0.39, 0.29) is 5.91 Å². The molecule has 0 unspecified atom stereocenters. The summed E-state index contributed by atoms with van der Waals surface area (Å²) in [5.74, 6) is 5.05. The number of hydrogen-bond acceptors (Lipinski definition) is 5. The number of rotatable bonds is 4. The van der Waals surface area contributed by atoms with Gasteiger partial charge in [0, 0.05) is 13.6 Å². The molecule has 1 aliphatic carbocycles. The molecule has 104 valence electrons. The van der Waals surface area contributed by atoms with Crippen molar-refractivity contribution in [3.05, 3.63) is 24.0 Å². The Balaban J connectivity index is 2.01. The van der Waals surface area contributed by atoms with Crippen molar-refractivity contribution < 1.29 is 9.90 Å². The molecule has 0 aromatic carbocycles. The molecule has 0 atom stereocenters. The molecule has 0 aliphatic heterocycles. The molecule has 19 heavy (non-hydrogen) atoms. The van der Waals surface area contributed by atoms with Crippen LogP contribution in [0.1, 0.15) is 36.2 Å². The van der Waals surface area contributed by atoms with Crippen molar-refractivity contribution in [2.75, 3.05) is 19.0 Å². The van der Waals surface area contributed by atoms with Gasteiger partial charge in [0.05, 0.1) is 17.5 Å². The van der Waals surface area contributed by atoms with Crippen molar-refractivity contribution in [3.8, 4) is 0 Å². The maximum Gasteiger partial charge on any atom is 0.272 e. The van der Waals surface area contributed by atoms with Crippen molar-refractivity contribution in [1.82, 2.24) is 9.88 Å². The standard InChI is InChI=1S/C13H20N4O2/c1-17(9-13(19)6-2-3-7-13)12(18)11-5-4-10(16-14)8-15-11/h4-5,8,16,19H,2-3,6-7,9,14H2,1H3. The summed E-state index contributed by atoms with van der Waals surface area (Å²) in [6.07, 6.45) is 5.06. The van der Waals surface area contributed by atoms with Crippen LogP contribution in [-0.2, 0) is 0 Å². The van der Waals surface area contributed by atoms with Crippen LogP contribution in [0.15, 0.2) is 18.3 Å². The fraction of sp³-hybridized carbons (Fsp3) is 0.538. The minimum Gasteiger partial charge on any atom is -0.388 e. The SMILES string of the molecule is CN(CC1(O)CCCC1)C(=O)c1ccc(NN)cn1. The Morgan fingerprint density at radius 2 is 2.21 bits per heavy atom. The first kappa shape index (κ1) is 13.8. The number of nitrogen functional groups attached to an aromatic ring is 1. The summed E-state index contributed by atoms with van der Waals surface area (Å²) >= 11 is 0. The lowest BCUT2D eigenvalue weighted by Crippen LogP contribution is -2.42. The number of nitrogens with zero attached hydrogens (tertiary/aromatic N) is 2. The second-order valence-corrected chi connectivity index (χ2v) is 5.17. The van der Waals surface area contributed by atoms with Gasteiger partial charge in [-0.1, -0.05) is 12.8 Å². The number of carbonyl (C=O) groups excluding carboxylic acids is 1. The lowest BCUT2D eigenvalue weighted by molar-refractivity contribution is 0.0155. The molecule has 6 heteroatoms. The second-order valence-electron chi connectivity index (χ2n) is 5.17. The third-order valence-corrected chi connectivity index (χ3v) is 3.56. The van der Waals surface area contributed by atoms with Crippen LogP contribution in [0.2, 0.25) is 0 Å². The van der Waals surface area contributed by atoms with E-state index in [0.717, 1.165) is 25.7 Å². The highest BCUT2D eigenvalue weighted by Crippen LogP contribution is 2.30. The van der Waals surface area contributed by atoms with Gasteiger partial charge in [0.15, 0.2) is 0 Å². The van der Waals surface area contributed by atoms with Crippen LogP contribution >= 0.6 is 0 Å². The van der Waals surface area contributed by atoms with Gasteiger partial charge in [-0.05, 0) is 25.0 Å². The summed E-state index contributed by atoms with van der Waals surface area (Å²) in [7, 11) is 1.69. The molecule has 0 bridgehead atoms. The van der Waals surface area contributed by atoms with Crippen LogP contribution in [0.4, 0.5) is 5.69 Å². The summed E-state index contributed by atoms with van der Waals surface area (Å²) in [6, 6.07) is 3.31. The summed E-state index contributed by atoms with van der Waals surface area (Å²) in [6.45, 7) is 0.352. The minimum atomic E-state index is -0.733. The molecule has 4 N–H and O–H groups in total. The molecular weight excluding hydrogens is 244 g/mol. The number of carbonyl (C=O) groups is 1. The van der Waals surface area contributed by atoms with Gasteiger partial charge in [-0.25, -0.2) is 4.98 Å². The van der Waals surface area contributed by atoms with Gasteiger partial charge in [0.2, 0.25) is 0 Å². The normalized spacial score (nSPS) is 17.2. The van der Waals surface area contributed by atoms with E-state index in [1.807, 2.05) is 0 Å². The number of anilines is 1. The van der Waals surface area contributed by atoms with Crippen LogP contribution in [-0.4, -0.2) is 40.1 Å². The van der Waals surface area contributed by atoms with Gasteiger partial charge in [0.1, 0.15) is 5.69 Å². The second kappa shape index (κ2) is 5.54. The van der Waals surface area contributed by atoms with E-state index in [1.165, 1.54) is 11.1 Å². The zero-order valence-corrected chi connectivity index (χ0v) is 11.1. The Morgan fingerprint density at radius 1 is 1.53 bits per heavy atom. The molecule has 1 aromatic rings.